The van der Waals surface area contributed by atoms with Crippen LogP contribution in [0.1, 0.15) is 28.8 Å². The molecule has 110 valence electrons. The van der Waals surface area contributed by atoms with Crippen molar-refractivity contribution in [3.05, 3.63) is 29.3 Å². The van der Waals surface area contributed by atoms with E-state index < -0.39 is 0 Å². The smallest absolute Gasteiger partial charge is 0.253 e. The number of carbonyl (C=O) groups excluding carboxylic acids is 1. The fourth-order valence-corrected chi connectivity index (χ4v) is 2.84. The number of amides is 1. The summed E-state index contributed by atoms with van der Waals surface area (Å²) >= 11 is 0. The lowest BCUT2D eigenvalue weighted by molar-refractivity contribution is 0.0937. The SMILES string of the molecule is CNc1cc(C)ccc1C(=O)NCC1CCCN(C)C1. The standard InChI is InChI=1S/C16H25N3O/c1-12-6-7-14(15(9-12)17-2)16(20)18-10-13-5-4-8-19(3)11-13/h6-7,9,13,17H,4-5,8,10-11H2,1-3H3,(H,18,20). The predicted molar refractivity (Wildman–Crippen MR) is 83.3 cm³/mol. The second kappa shape index (κ2) is 6.75. The first kappa shape index (κ1) is 14.9. The van der Waals surface area contributed by atoms with Gasteiger partial charge in [-0.25, -0.2) is 0 Å². The number of hydrogen-bond donors (Lipinski definition) is 2. The second-order valence-electron chi connectivity index (χ2n) is 5.78. The van der Waals surface area contributed by atoms with E-state index in [0.717, 1.165) is 29.9 Å². The topological polar surface area (TPSA) is 44.4 Å². The summed E-state index contributed by atoms with van der Waals surface area (Å²) in [4.78, 5) is 14.6. The highest BCUT2D eigenvalue weighted by atomic mass is 16.1. The molecule has 1 aromatic carbocycles. The van der Waals surface area contributed by atoms with Gasteiger partial charge >= 0.3 is 0 Å². The van der Waals surface area contributed by atoms with Gasteiger partial charge in [0.1, 0.15) is 0 Å². The average molecular weight is 275 g/mol. The van der Waals surface area contributed by atoms with Crippen molar-refractivity contribution in [1.29, 1.82) is 0 Å². The molecule has 1 amide bonds. The fourth-order valence-electron chi connectivity index (χ4n) is 2.84. The number of carbonyl (C=O) groups is 1. The zero-order chi connectivity index (χ0) is 14.5. The summed E-state index contributed by atoms with van der Waals surface area (Å²) in [6.07, 6.45) is 2.43. The molecule has 1 fully saturated rings. The number of nitrogens with one attached hydrogen (secondary N) is 2. The summed E-state index contributed by atoms with van der Waals surface area (Å²) < 4.78 is 0. The van der Waals surface area contributed by atoms with Gasteiger partial charge in [0.2, 0.25) is 0 Å². The highest BCUT2D eigenvalue weighted by molar-refractivity contribution is 5.99. The molecule has 0 spiro atoms. The Labute approximate surface area is 121 Å². The van der Waals surface area contributed by atoms with Gasteiger partial charge in [0.05, 0.1) is 5.56 Å². The number of piperidine rings is 1. The van der Waals surface area contributed by atoms with E-state index in [1.807, 2.05) is 32.2 Å². The summed E-state index contributed by atoms with van der Waals surface area (Å²) in [7, 11) is 3.99. The van der Waals surface area contributed by atoms with E-state index in [2.05, 4.69) is 22.6 Å². The molecule has 0 bridgehead atoms. The number of hydrogen-bond acceptors (Lipinski definition) is 3. The molecule has 0 radical (unpaired) electrons. The van der Waals surface area contributed by atoms with Crippen molar-refractivity contribution in [1.82, 2.24) is 10.2 Å². The van der Waals surface area contributed by atoms with E-state index in [1.54, 1.807) is 0 Å². The van der Waals surface area contributed by atoms with Gasteiger partial charge < -0.3 is 15.5 Å². The maximum atomic E-state index is 12.3. The van der Waals surface area contributed by atoms with Crippen molar-refractivity contribution < 1.29 is 4.79 Å². The van der Waals surface area contributed by atoms with Crippen molar-refractivity contribution in [2.24, 2.45) is 5.92 Å². The third-order valence-electron chi connectivity index (χ3n) is 3.96. The van der Waals surface area contributed by atoms with Gasteiger partial charge in [-0.15, -0.1) is 0 Å². The maximum Gasteiger partial charge on any atom is 0.253 e. The Hall–Kier alpha value is -1.55. The molecule has 4 nitrogen and oxygen atoms in total. The van der Waals surface area contributed by atoms with Crippen LogP contribution in [0.2, 0.25) is 0 Å². The Kier molecular flexibility index (Phi) is 5.01. The van der Waals surface area contributed by atoms with E-state index in [4.69, 9.17) is 0 Å². The van der Waals surface area contributed by atoms with Gasteiger partial charge in [0.15, 0.2) is 0 Å². The van der Waals surface area contributed by atoms with Crippen molar-refractivity contribution in [3.63, 3.8) is 0 Å². The minimum atomic E-state index is 0.0163. The number of likely N-dealkylation sites (tertiary alicyclic amines) is 1. The van der Waals surface area contributed by atoms with Gasteiger partial charge in [0.25, 0.3) is 5.91 Å². The lowest BCUT2D eigenvalue weighted by Gasteiger charge is -2.29. The first-order chi connectivity index (χ1) is 9.60. The molecular formula is C16H25N3O. The number of rotatable bonds is 4. The Morgan fingerprint density at radius 2 is 2.25 bits per heavy atom. The van der Waals surface area contributed by atoms with Gasteiger partial charge in [-0.3, -0.25) is 4.79 Å². The van der Waals surface area contributed by atoms with Gasteiger partial charge in [-0.2, -0.15) is 0 Å². The number of anilines is 1. The molecule has 0 aromatic heterocycles. The van der Waals surface area contributed by atoms with Crippen LogP contribution in [0.4, 0.5) is 5.69 Å². The van der Waals surface area contributed by atoms with Gasteiger partial charge in [-0.05, 0) is 57.0 Å². The average Bonchev–Trinajstić information content (AvgIpc) is 2.44. The molecule has 1 aromatic rings. The van der Waals surface area contributed by atoms with Gasteiger partial charge in [-0.1, -0.05) is 6.07 Å². The van der Waals surface area contributed by atoms with Crippen molar-refractivity contribution >= 4 is 11.6 Å². The van der Waals surface area contributed by atoms with E-state index in [-0.39, 0.29) is 5.91 Å². The Morgan fingerprint density at radius 1 is 1.45 bits per heavy atom. The van der Waals surface area contributed by atoms with Crippen molar-refractivity contribution in [2.75, 3.05) is 39.0 Å². The minimum absolute atomic E-state index is 0.0163. The van der Waals surface area contributed by atoms with Crippen LogP contribution in [0.25, 0.3) is 0 Å². The highest BCUT2D eigenvalue weighted by Crippen LogP contribution is 2.18. The minimum Gasteiger partial charge on any atom is -0.387 e. The molecular weight excluding hydrogens is 250 g/mol. The molecule has 0 aliphatic carbocycles. The van der Waals surface area contributed by atoms with Crippen LogP contribution in [0.5, 0.6) is 0 Å². The third-order valence-corrected chi connectivity index (χ3v) is 3.96. The van der Waals surface area contributed by atoms with Crippen LogP contribution < -0.4 is 10.6 Å². The van der Waals surface area contributed by atoms with Crippen LogP contribution in [0.3, 0.4) is 0 Å². The lowest BCUT2D eigenvalue weighted by atomic mass is 9.98. The molecule has 4 heteroatoms. The first-order valence-electron chi connectivity index (χ1n) is 7.35. The molecule has 1 saturated heterocycles. The summed E-state index contributed by atoms with van der Waals surface area (Å²) in [5.74, 6) is 0.587. The lowest BCUT2D eigenvalue weighted by Crippen LogP contribution is -2.39. The monoisotopic (exact) mass is 275 g/mol. The van der Waals surface area contributed by atoms with Crippen LogP contribution in [-0.4, -0.2) is 44.5 Å². The molecule has 1 unspecified atom stereocenters. The molecule has 0 saturated carbocycles. The molecule has 2 rings (SSSR count). The second-order valence-corrected chi connectivity index (χ2v) is 5.78. The summed E-state index contributed by atoms with van der Waals surface area (Å²) in [5, 5.41) is 6.17. The van der Waals surface area contributed by atoms with Crippen LogP contribution in [0, 0.1) is 12.8 Å². The van der Waals surface area contributed by atoms with Gasteiger partial charge in [0, 0.05) is 25.8 Å². The fraction of sp³-hybridized carbons (Fsp3) is 0.562. The summed E-state index contributed by atoms with van der Waals surface area (Å²) in [6, 6.07) is 5.87. The molecule has 1 atom stereocenters. The van der Waals surface area contributed by atoms with E-state index in [9.17, 15) is 4.79 Å². The van der Waals surface area contributed by atoms with Crippen molar-refractivity contribution in [3.8, 4) is 0 Å². The zero-order valence-corrected chi connectivity index (χ0v) is 12.7. The van der Waals surface area contributed by atoms with E-state index in [0.29, 0.717) is 5.92 Å². The highest BCUT2D eigenvalue weighted by Gasteiger charge is 2.18. The van der Waals surface area contributed by atoms with Crippen LogP contribution >= 0.6 is 0 Å². The Bertz CT molecular complexity index is 473. The number of nitrogens with zero attached hydrogens (tertiary/aromatic N) is 1. The number of aryl methyl sites for hydroxylation is 1. The Morgan fingerprint density at radius 3 is 2.95 bits per heavy atom. The molecule has 1 heterocycles. The quantitative estimate of drug-likeness (QED) is 0.884. The Balaban J connectivity index is 1.94. The molecule has 20 heavy (non-hydrogen) atoms. The number of benzene rings is 1. The third kappa shape index (κ3) is 3.73. The zero-order valence-electron chi connectivity index (χ0n) is 12.7. The van der Waals surface area contributed by atoms with E-state index in [1.165, 1.54) is 19.4 Å². The largest absolute Gasteiger partial charge is 0.387 e. The normalized spacial score (nSPS) is 19.6. The molecule has 1 aliphatic rings. The molecule has 1 aliphatic heterocycles. The maximum absolute atomic E-state index is 12.3. The van der Waals surface area contributed by atoms with E-state index >= 15 is 0 Å². The summed E-state index contributed by atoms with van der Waals surface area (Å²) in [6.45, 7) is 5.04. The van der Waals surface area contributed by atoms with Crippen LogP contribution in [0.15, 0.2) is 18.2 Å². The molecule has 2 N–H and O–H groups in total. The predicted octanol–water partition coefficient (Wildman–Crippen LogP) is 2.11. The summed E-state index contributed by atoms with van der Waals surface area (Å²) in [5.41, 5.74) is 2.77. The van der Waals surface area contributed by atoms with Crippen LogP contribution in [-0.2, 0) is 0 Å². The van der Waals surface area contributed by atoms with Crippen molar-refractivity contribution in [2.45, 2.75) is 19.8 Å². The first-order valence-corrected chi connectivity index (χ1v) is 7.35.